The molecule has 39 heavy (non-hydrogen) atoms. The predicted octanol–water partition coefficient (Wildman–Crippen LogP) is 5.63. The number of halogens is 3. The number of alkyl halides is 3. The normalized spacial score (nSPS) is 22.8. The fourth-order valence-corrected chi connectivity index (χ4v) is 5.78. The monoisotopic (exact) mass is 544 g/mol. The van der Waals surface area contributed by atoms with Gasteiger partial charge in [-0.3, -0.25) is 0 Å². The van der Waals surface area contributed by atoms with Crippen molar-refractivity contribution in [3.8, 4) is 17.0 Å². The molecule has 0 amide bonds. The van der Waals surface area contributed by atoms with E-state index >= 15 is 0 Å². The number of aromatic nitrogens is 3. The van der Waals surface area contributed by atoms with Crippen LogP contribution in [0.2, 0.25) is 0 Å². The highest BCUT2D eigenvalue weighted by Crippen LogP contribution is 2.46. The highest BCUT2D eigenvalue weighted by atomic mass is 19.4. The third-order valence-electron chi connectivity index (χ3n) is 7.58. The summed E-state index contributed by atoms with van der Waals surface area (Å²) in [6.07, 6.45) is 0.150. The van der Waals surface area contributed by atoms with E-state index in [1.807, 2.05) is 0 Å². The quantitative estimate of drug-likeness (QED) is 0.386. The van der Waals surface area contributed by atoms with Crippen LogP contribution in [0.4, 0.5) is 19.1 Å². The number of aromatic carboxylic acids is 1. The zero-order valence-electron chi connectivity index (χ0n) is 21.1. The maximum atomic E-state index is 13.1. The van der Waals surface area contributed by atoms with Crippen LogP contribution >= 0.6 is 0 Å². The predicted molar refractivity (Wildman–Crippen MR) is 131 cm³/mol. The molecule has 3 aliphatic rings. The van der Waals surface area contributed by atoms with Crippen LogP contribution in [0.1, 0.15) is 71.9 Å². The fraction of sp³-hybridized carbons (Fsp3) is 0.481. The second-order valence-electron chi connectivity index (χ2n) is 10.4. The molecule has 0 spiro atoms. The molecule has 1 aromatic carbocycles. The lowest BCUT2D eigenvalue weighted by Gasteiger charge is -2.39. The van der Waals surface area contributed by atoms with Crippen molar-refractivity contribution in [2.24, 2.45) is 0 Å². The van der Waals surface area contributed by atoms with Crippen molar-refractivity contribution in [3.63, 3.8) is 0 Å². The van der Waals surface area contributed by atoms with Gasteiger partial charge in [-0.05, 0) is 63.6 Å². The Morgan fingerprint density at radius 3 is 2.51 bits per heavy atom. The Balaban J connectivity index is 1.21. The summed E-state index contributed by atoms with van der Waals surface area (Å²) in [7, 11) is 0. The summed E-state index contributed by atoms with van der Waals surface area (Å²) in [5.74, 6) is -0.170. The molecular weight excluding hydrogens is 517 g/mol. The van der Waals surface area contributed by atoms with Crippen molar-refractivity contribution < 1.29 is 37.1 Å². The van der Waals surface area contributed by atoms with Crippen molar-refractivity contribution in [3.05, 3.63) is 53.0 Å². The first-order valence-corrected chi connectivity index (χ1v) is 13.0. The maximum Gasteiger partial charge on any atom is 0.573 e. The minimum atomic E-state index is -4.84. The fourth-order valence-electron chi connectivity index (χ4n) is 5.78. The van der Waals surface area contributed by atoms with E-state index in [1.54, 1.807) is 13.0 Å². The van der Waals surface area contributed by atoms with Gasteiger partial charge in [-0.1, -0.05) is 17.3 Å². The molecular formula is C27H27F3N4O5. The number of carbonyl (C=O) groups is 1. The molecule has 4 heterocycles. The molecule has 1 N–H and O–H groups in total. The molecule has 2 unspecified atom stereocenters. The molecule has 1 aliphatic carbocycles. The van der Waals surface area contributed by atoms with Gasteiger partial charge in [-0.15, -0.1) is 13.2 Å². The largest absolute Gasteiger partial charge is 0.573 e. The third-order valence-corrected chi connectivity index (χ3v) is 7.58. The number of fused-ring (bicyclic) bond motifs is 2. The zero-order valence-corrected chi connectivity index (χ0v) is 21.1. The van der Waals surface area contributed by atoms with E-state index in [4.69, 9.17) is 9.26 Å². The van der Waals surface area contributed by atoms with Crippen molar-refractivity contribution >= 4 is 11.9 Å². The number of anilines is 1. The van der Waals surface area contributed by atoms with Crippen molar-refractivity contribution in [1.29, 1.82) is 0 Å². The first-order valence-electron chi connectivity index (χ1n) is 13.0. The second kappa shape index (κ2) is 9.82. The van der Waals surface area contributed by atoms with Crippen molar-refractivity contribution in [1.82, 2.24) is 15.1 Å². The Labute approximate surface area is 221 Å². The molecule has 6 rings (SSSR count). The van der Waals surface area contributed by atoms with E-state index in [9.17, 15) is 23.1 Å². The van der Waals surface area contributed by atoms with E-state index in [0.717, 1.165) is 25.7 Å². The molecule has 2 atom stereocenters. The van der Waals surface area contributed by atoms with Gasteiger partial charge in [-0.2, -0.15) is 0 Å². The van der Waals surface area contributed by atoms with Crippen LogP contribution in [0.15, 0.2) is 34.9 Å². The SMILES string of the molecule is Cc1cc(C(=O)O)nc(N2C3CCC2CC(OCc2c(-c4ccccc4OC(F)(F)F)noc2C2CC2)C3)n1. The van der Waals surface area contributed by atoms with Crippen LogP contribution in [-0.4, -0.2) is 50.8 Å². The lowest BCUT2D eigenvalue weighted by Crippen LogP contribution is -2.46. The number of piperidine rings is 1. The average Bonchev–Trinajstić information content (AvgIpc) is 3.58. The highest BCUT2D eigenvalue weighted by Gasteiger charge is 2.43. The molecule has 2 aliphatic heterocycles. The van der Waals surface area contributed by atoms with Gasteiger partial charge in [0.25, 0.3) is 0 Å². The summed E-state index contributed by atoms with van der Waals surface area (Å²) in [5, 5.41) is 13.6. The summed E-state index contributed by atoms with van der Waals surface area (Å²) in [4.78, 5) is 22.4. The summed E-state index contributed by atoms with van der Waals surface area (Å²) < 4.78 is 55.4. The van der Waals surface area contributed by atoms with Gasteiger partial charge in [0.15, 0.2) is 5.69 Å². The summed E-state index contributed by atoms with van der Waals surface area (Å²) in [6.45, 7) is 1.90. The first-order chi connectivity index (χ1) is 18.7. The van der Waals surface area contributed by atoms with Crippen LogP contribution in [-0.2, 0) is 11.3 Å². The molecule has 12 heteroatoms. The molecule has 2 aromatic heterocycles. The number of carboxylic acids is 1. The topological polar surface area (TPSA) is 111 Å². The lowest BCUT2D eigenvalue weighted by molar-refractivity contribution is -0.274. The van der Waals surface area contributed by atoms with Gasteiger partial charge in [0.05, 0.1) is 12.7 Å². The molecule has 0 radical (unpaired) electrons. The Morgan fingerprint density at radius 1 is 1.13 bits per heavy atom. The summed E-state index contributed by atoms with van der Waals surface area (Å²) in [6, 6.07) is 7.55. The smallest absolute Gasteiger partial charge is 0.477 e. The molecule has 2 saturated heterocycles. The Morgan fingerprint density at radius 2 is 1.85 bits per heavy atom. The van der Waals surface area contributed by atoms with E-state index < -0.39 is 12.3 Å². The number of hydrogen-bond donors (Lipinski definition) is 1. The number of aryl methyl sites for hydroxylation is 1. The second-order valence-corrected chi connectivity index (χ2v) is 10.4. The standard InChI is InChI=1S/C27H27F3N4O5/c1-14-10-21(25(35)36)32-26(31-14)34-16-8-9-17(34)12-18(11-16)37-13-20-23(33-39-24(20)15-6-7-15)19-4-2-3-5-22(19)38-27(28,29)30/h2-5,10,15-18H,6-9,11-13H2,1H3,(H,35,36). The van der Waals surface area contributed by atoms with Crippen LogP contribution < -0.4 is 9.64 Å². The van der Waals surface area contributed by atoms with Crippen LogP contribution in [0.5, 0.6) is 5.75 Å². The molecule has 206 valence electrons. The van der Waals surface area contributed by atoms with E-state index in [1.165, 1.54) is 24.3 Å². The molecule has 3 fully saturated rings. The number of rotatable bonds is 8. The van der Waals surface area contributed by atoms with E-state index in [-0.39, 0.29) is 47.7 Å². The van der Waals surface area contributed by atoms with Gasteiger partial charge in [0.1, 0.15) is 17.2 Å². The van der Waals surface area contributed by atoms with Gasteiger partial charge < -0.3 is 24.0 Å². The zero-order chi connectivity index (χ0) is 27.3. The highest BCUT2D eigenvalue weighted by molar-refractivity contribution is 5.85. The molecule has 3 aromatic rings. The Kier molecular flexibility index (Phi) is 6.44. The lowest BCUT2D eigenvalue weighted by atomic mass is 9.99. The van der Waals surface area contributed by atoms with E-state index in [2.05, 4.69) is 24.8 Å². The van der Waals surface area contributed by atoms with E-state index in [0.29, 0.717) is 41.5 Å². The van der Waals surface area contributed by atoms with Crippen LogP contribution in [0.3, 0.4) is 0 Å². The van der Waals surface area contributed by atoms with Crippen LogP contribution in [0.25, 0.3) is 11.3 Å². The van der Waals surface area contributed by atoms with Gasteiger partial charge in [0.2, 0.25) is 5.95 Å². The number of nitrogens with zero attached hydrogens (tertiary/aromatic N) is 4. The molecule has 2 bridgehead atoms. The molecule has 1 saturated carbocycles. The number of benzene rings is 1. The first kappa shape index (κ1) is 25.6. The minimum Gasteiger partial charge on any atom is -0.477 e. The Bertz CT molecular complexity index is 1380. The maximum absolute atomic E-state index is 13.1. The van der Waals surface area contributed by atoms with Crippen molar-refractivity contribution in [2.45, 2.75) is 82.5 Å². The Hall–Kier alpha value is -3.67. The van der Waals surface area contributed by atoms with Gasteiger partial charge >= 0.3 is 12.3 Å². The third kappa shape index (κ3) is 5.29. The van der Waals surface area contributed by atoms with Crippen LogP contribution in [0, 0.1) is 6.92 Å². The summed E-state index contributed by atoms with van der Waals surface area (Å²) >= 11 is 0. The van der Waals surface area contributed by atoms with Gasteiger partial charge in [0, 0.05) is 34.8 Å². The number of hydrogen-bond acceptors (Lipinski definition) is 8. The number of ether oxygens (including phenoxy) is 2. The number of carboxylic acid groups (broad SMARTS) is 1. The number of para-hydroxylation sites is 1. The average molecular weight is 545 g/mol. The summed E-state index contributed by atoms with van der Waals surface area (Å²) in [5.41, 5.74) is 1.71. The minimum absolute atomic E-state index is 0.0300. The van der Waals surface area contributed by atoms with Gasteiger partial charge in [-0.25, -0.2) is 14.8 Å². The van der Waals surface area contributed by atoms with Crippen molar-refractivity contribution in [2.75, 3.05) is 4.90 Å². The molecule has 9 nitrogen and oxygen atoms in total.